The molecule has 62 heavy (non-hydrogen) atoms. The van der Waals surface area contributed by atoms with Crippen LogP contribution in [-0.4, -0.2) is 9.97 Å². The van der Waals surface area contributed by atoms with Gasteiger partial charge in [0.2, 0.25) is 0 Å². The third-order valence-electron chi connectivity index (χ3n) is 13.8. The SMILES string of the molecule is c1ccc(-c2ccc(-c3nc(-c4ccccc4)cc(-c4ccc5c(c4)C4(c6ccccc6-5)c5ccccc5C5(c6ccccc6-c6ccccc65)c5ccccc54)n3)cc2)cc1. The highest BCUT2D eigenvalue weighted by atomic mass is 14.9. The Bertz CT molecular complexity index is 3310. The predicted octanol–water partition coefficient (Wildman–Crippen LogP) is 14.2. The molecular weight excluding hydrogens is 749 g/mol. The Labute approximate surface area is 361 Å². The van der Waals surface area contributed by atoms with E-state index in [9.17, 15) is 0 Å². The number of hydrogen-bond acceptors (Lipinski definition) is 2. The van der Waals surface area contributed by atoms with Gasteiger partial charge in [0, 0.05) is 16.7 Å². The number of rotatable bonds is 4. The first-order chi connectivity index (χ1) is 30.7. The van der Waals surface area contributed by atoms with E-state index in [-0.39, 0.29) is 0 Å². The van der Waals surface area contributed by atoms with Gasteiger partial charge in [0.1, 0.15) is 0 Å². The van der Waals surface area contributed by atoms with Crippen LogP contribution in [0.15, 0.2) is 231 Å². The molecule has 2 spiro atoms. The molecule has 1 aromatic heterocycles. The summed E-state index contributed by atoms with van der Waals surface area (Å²) in [6, 6.07) is 84.6. The Morgan fingerprint density at radius 3 is 1.06 bits per heavy atom. The van der Waals surface area contributed by atoms with Gasteiger partial charge in [-0.2, -0.15) is 0 Å². The maximum absolute atomic E-state index is 5.40. The van der Waals surface area contributed by atoms with Gasteiger partial charge < -0.3 is 0 Å². The molecule has 0 saturated carbocycles. The van der Waals surface area contributed by atoms with Gasteiger partial charge in [0.15, 0.2) is 5.82 Å². The normalized spacial score (nSPS) is 14.1. The molecule has 0 unspecified atom stereocenters. The Morgan fingerprint density at radius 1 is 0.226 bits per heavy atom. The second-order valence-corrected chi connectivity index (χ2v) is 16.8. The van der Waals surface area contributed by atoms with E-state index in [2.05, 4.69) is 231 Å². The maximum Gasteiger partial charge on any atom is 0.160 e. The lowest BCUT2D eigenvalue weighted by molar-refractivity contribution is 0.633. The van der Waals surface area contributed by atoms with Crippen molar-refractivity contribution >= 4 is 0 Å². The Hall–Kier alpha value is -7.94. The molecule has 3 aliphatic carbocycles. The molecule has 3 aliphatic rings. The van der Waals surface area contributed by atoms with Crippen molar-refractivity contribution in [2.45, 2.75) is 10.8 Å². The number of hydrogen-bond donors (Lipinski definition) is 0. The number of benzene rings is 9. The average molecular weight is 787 g/mol. The van der Waals surface area contributed by atoms with Gasteiger partial charge in [-0.15, -0.1) is 0 Å². The Morgan fingerprint density at radius 2 is 0.565 bits per heavy atom. The van der Waals surface area contributed by atoms with E-state index in [1.54, 1.807) is 0 Å². The van der Waals surface area contributed by atoms with Crippen LogP contribution < -0.4 is 0 Å². The van der Waals surface area contributed by atoms with Gasteiger partial charge in [-0.3, -0.25) is 0 Å². The van der Waals surface area contributed by atoms with Crippen molar-refractivity contribution in [2.24, 2.45) is 0 Å². The molecule has 0 saturated heterocycles. The molecule has 1 heterocycles. The minimum Gasteiger partial charge on any atom is -0.228 e. The quantitative estimate of drug-likeness (QED) is 0.178. The molecule has 9 aromatic carbocycles. The van der Waals surface area contributed by atoms with Gasteiger partial charge in [-0.1, -0.05) is 218 Å². The lowest BCUT2D eigenvalue weighted by Crippen LogP contribution is -2.43. The summed E-state index contributed by atoms with van der Waals surface area (Å²) in [5.41, 5.74) is 21.9. The van der Waals surface area contributed by atoms with E-state index in [0.717, 1.165) is 33.6 Å². The fraction of sp³-hybridized carbons (Fsp3) is 0.0333. The largest absolute Gasteiger partial charge is 0.228 e. The second kappa shape index (κ2) is 13.3. The van der Waals surface area contributed by atoms with Crippen LogP contribution in [0.3, 0.4) is 0 Å². The smallest absolute Gasteiger partial charge is 0.160 e. The Kier molecular flexibility index (Phi) is 7.47. The minimum atomic E-state index is -0.585. The third kappa shape index (κ3) is 4.69. The molecule has 0 atom stereocenters. The maximum atomic E-state index is 5.40. The van der Waals surface area contributed by atoms with E-state index in [0.29, 0.717) is 5.82 Å². The van der Waals surface area contributed by atoms with Gasteiger partial charge in [-0.05, 0) is 90.0 Å². The minimum absolute atomic E-state index is 0.483. The molecule has 10 aromatic rings. The van der Waals surface area contributed by atoms with Crippen LogP contribution in [0.25, 0.3) is 67.3 Å². The number of aromatic nitrogens is 2. The van der Waals surface area contributed by atoms with Gasteiger partial charge >= 0.3 is 0 Å². The highest BCUT2D eigenvalue weighted by Gasteiger charge is 2.58. The monoisotopic (exact) mass is 786 g/mol. The fourth-order valence-electron chi connectivity index (χ4n) is 11.3. The van der Waals surface area contributed by atoms with Crippen molar-refractivity contribution in [1.82, 2.24) is 9.97 Å². The summed E-state index contributed by atoms with van der Waals surface area (Å²) < 4.78 is 0. The van der Waals surface area contributed by atoms with Crippen LogP contribution in [0.1, 0.15) is 44.5 Å². The number of fused-ring (bicyclic) bond motifs is 16. The summed E-state index contributed by atoms with van der Waals surface area (Å²) in [5, 5.41) is 0. The van der Waals surface area contributed by atoms with E-state index >= 15 is 0 Å². The molecule has 2 nitrogen and oxygen atoms in total. The van der Waals surface area contributed by atoms with E-state index in [1.807, 2.05) is 0 Å². The first-order valence-corrected chi connectivity index (χ1v) is 21.5. The van der Waals surface area contributed by atoms with E-state index in [4.69, 9.17) is 9.97 Å². The van der Waals surface area contributed by atoms with Crippen LogP contribution in [-0.2, 0) is 10.8 Å². The first-order valence-electron chi connectivity index (χ1n) is 21.5. The topological polar surface area (TPSA) is 25.8 Å². The standard InChI is InChI=1S/C60H38N2/c1-3-17-39(18-4-1)40-31-33-42(34-32-40)58-61-56(41-19-5-2-6-20-41)38-57(62-58)43-35-36-47-46-23-9-12-26-50(46)60(55(47)37-43)53-29-15-13-27-51(53)59(52-28-14-16-30-54(52)60)48-24-10-7-21-44(48)45-22-8-11-25-49(45)59/h1-38H. The van der Waals surface area contributed by atoms with E-state index < -0.39 is 10.8 Å². The number of nitrogens with zero attached hydrogens (tertiary/aromatic N) is 2. The lowest BCUT2D eigenvalue weighted by atomic mass is 9.52. The van der Waals surface area contributed by atoms with Crippen LogP contribution in [0, 0.1) is 0 Å². The van der Waals surface area contributed by atoms with Crippen molar-refractivity contribution in [3.63, 3.8) is 0 Å². The predicted molar refractivity (Wildman–Crippen MR) is 252 cm³/mol. The van der Waals surface area contributed by atoms with E-state index in [1.165, 1.54) is 72.3 Å². The highest BCUT2D eigenvalue weighted by molar-refractivity contribution is 5.94. The molecule has 0 aliphatic heterocycles. The molecule has 2 heteroatoms. The summed E-state index contributed by atoms with van der Waals surface area (Å²) >= 11 is 0. The van der Waals surface area contributed by atoms with Crippen molar-refractivity contribution in [3.8, 4) is 67.3 Å². The summed E-state index contributed by atoms with van der Waals surface area (Å²) in [5.74, 6) is 0.702. The molecule has 0 amide bonds. The molecule has 0 radical (unpaired) electrons. The zero-order valence-corrected chi connectivity index (χ0v) is 33.8. The summed E-state index contributed by atoms with van der Waals surface area (Å²) in [6.07, 6.45) is 0. The lowest BCUT2D eigenvalue weighted by Gasteiger charge is -2.48. The van der Waals surface area contributed by atoms with Crippen molar-refractivity contribution in [1.29, 1.82) is 0 Å². The van der Waals surface area contributed by atoms with Crippen LogP contribution in [0.5, 0.6) is 0 Å². The van der Waals surface area contributed by atoms with Gasteiger partial charge in [0.05, 0.1) is 22.2 Å². The molecule has 288 valence electrons. The zero-order valence-electron chi connectivity index (χ0n) is 33.8. The molecule has 0 fully saturated rings. The molecule has 13 rings (SSSR count). The summed E-state index contributed by atoms with van der Waals surface area (Å²) in [7, 11) is 0. The van der Waals surface area contributed by atoms with Crippen LogP contribution in [0.4, 0.5) is 0 Å². The third-order valence-corrected chi connectivity index (χ3v) is 13.8. The van der Waals surface area contributed by atoms with Crippen LogP contribution in [0.2, 0.25) is 0 Å². The molecular formula is C60H38N2. The van der Waals surface area contributed by atoms with Crippen LogP contribution >= 0.6 is 0 Å². The average Bonchev–Trinajstić information content (AvgIpc) is 3.82. The molecule has 0 N–H and O–H groups in total. The van der Waals surface area contributed by atoms with Gasteiger partial charge in [-0.25, -0.2) is 9.97 Å². The van der Waals surface area contributed by atoms with Crippen molar-refractivity contribution < 1.29 is 0 Å². The summed E-state index contributed by atoms with van der Waals surface area (Å²) in [4.78, 5) is 10.6. The fourth-order valence-corrected chi connectivity index (χ4v) is 11.3. The zero-order chi connectivity index (χ0) is 40.8. The first kappa shape index (κ1) is 34.9. The van der Waals surface area contributed by atoms with Crippen molar-refractivity contribution in [2.75, 3.05) is 0 Å². The highest BCUT2D eigenvalue weighted by Crippen LogP contribution is 2.67. The summed E-state index contributed by atoms with van der Waals surface area (Å²) in [6.45, 7) is 0. The van der Waals surface area contributed by atoms with Crippen molar-refractivity contribution in [3.05, 3.63) is 275 Å². The second-order valence-electron chi connectivity index (χ2n) is 16.8. The Balaban J connectivity index is 1.06. The van der Waals surface area contributed by atoms with Gasteiger partial charge in [0.25, 0.3) is 0 Å². The molecule has 0 bridgehead atoms.